The van der Waals surface area contributed by atoms with Crippen LogP contribution in [0.15, 0.2) is 60.9 Å². The summed E-state index contributed by atoms with van der Waals surface area (Å²) < 4.78 is 14.8. The monoisotopic (exact) mass is 272 g/mol. The summed E-state index contributed by atoms with van der Waals surface area (Å²) in [6, 6.07) is 13.8. The predicted molar refractivity (Wildman–Crippen MR) is 74.0 cm³/mol. The van der Waals surface area contributed by atoms with Gasteiger partial charge in [0.05, 0.1) is 11.9 Å². The van der Waals surface area contributed by atoms with Gasteiger partial charge in [0, 0.05) is 22.3 Å². The largest absolute Gasteiger partial charge is 0.240 e. The lowest BCUT2D eigenvalue weighted by molar-refractivity contribution is 0.625. The van der Waals surface area contributed by atoms with Crippen molar-refractivity contribution < 1.29 is 4.39 Å². The molecule has 0 aliphatic rings. The molecule has 0 amide bonds. The highest BCUT2D eigenvalue weighted by molar-refractivity contribution is 6.33. The first-order chi connectivity index (χ1) is 9.24. The molecule has 0 spiro atoms. The third-order valence-corrected chi connectivity index (χ3v) is 3.17. The van der Waals surface area contributed by atoms with Gasteiger partial charge in [0.25, 0.3) is 0 Å². The van der Waals surface area contributed by atoms with Gasteiger partial charge in [-0.1, -0.05) is 35.9 Å². The van der Waals surface area contributed by atoms with Gasteiger partial charge < -0.3 is 0 Å². The topological polar surface area (TPSA) is 17.8 Å². The van der Waals surface area contributed by atoms with E-state index in [0.29, 0.717) is 10.7 Å². The maximum atomic E-state index is 13.2. The molecule has 3 aromatic rings. The number of benzene rings is 2. The molecule has 0 saturated carbocycles. The van der Waals surface area contributed by atoms with Gasteiger partial charge in [0.1, 0.15) is 5.82 Å². The molecule has 0 aliphatic carbocycles. The lowest BCUT2D eigenvalue weighted by Gasteiger charge is -2.01. The van der Waals surface area contributed by atoms with Crippen LogP contribution in [0.4, 0.5) is 4.39 Å². The van der Waals surface area contributed by atoms with Crippen molar-refractivity contribution in [1.29, 1.82) is 0 Å². The minimum Gasteiger partial charge on any atom is -0.240 e. The standard InChI is InChI=1S/C15H10ClFN2/c16-15-7-2-1-6-14(15)11-9-18-19(10-11)13-5-3-4-12(17)8-13/h1-10H. The average Bonchev–Trinajstić information content (AvgIpc) is 2.89. The molecule has 1 heterocycles. The van der Waals surface area contributed by atoms with E-state index >= 15 is 0 Å². The fourth-order valence-electron chi connectivity index (χ4n) is 1.92. The highest BCUT2D eigenvalue weighted by Gasteiger charge is 2.06. The molecule has 0 radical (unpaired) electrons. The van der Waals surface area contributed by atoms with Crippen LogP contribution >= 0.6 is 11.6 Å². The molecule has 3 rings (SSSR count). The first-order valence-corrected chi connectivity index (χ1v) is 6.17. The van der Waals surface area contributed by atoms with E-state index in [2.05, 4.69) is 5.10 Å². The van der Waals surface area contributed by atoms with Crippen molar-refractivity contribution in [2.75, 3.05) is 0 Å². The Morgan fingerprint density at radius 2 is 1.89 bits per heavy atom. The molecular formula is C15H10ClFN2. The van der Waals surface area contributed by atoms with Crippen molar-refractivity contribution in [1.82, 2.24) is 9.78 Å². The number of hydrogen-bond acceptors (Lipinski definition) is 1. The summed E-state index contributed by atoms with van der Waals surface area (Å²) in [5.74, 6) is -0.285. The highest BCUT2D eigenvalue weighted by Crippen LogP contribution is 2.27. The Morgan fingerprint density at radius 1 is 1.05 bits per heavy atom. The second-order valence-electron chi connectivity index (χ2n) is 4.13. The molecule has 1 aromatic heterocycles. The van der Waals surface area contributed by atoms with Crippen LogP contribution in [0.5, 0.6) is 0 Å². The van der Waals surface area contributed by atoms with Gasteiger partial charge in [-0.3, -0.25) is 0 Å². The van der Waals surface area contributed by atoms with Gasteiger partial charge in [-0.25, -0.2) is 9.07 Å². The summed E-state index contributed by atoms with van der Waals surface area (Å²) in [6.45, 7) is 0. The Hall–Kier alpha value is -2.13. The van der Waals surface area contributed by atoms with Gasteiger partial charge in [-0.15, -0.1) is 0 Å². The summed E-state index contributed by atoms with van der Waals surface area (Å²) in [6.07, 6.45) is 3.54. The maximum Gasteiger partial charge on any atom is 0.125 e. The van der Waals surface area contributed by atoms with E-state index < -0.39 is 0 Å². The van der Waals surface area contributed by atoms with E-state index in [9.17, 15) is 4.39 Å². The number of aromatic nitrogens is 2. The zero-order valence-corrected chi connectivity index (χ0v) is 10.7. The summed E-state index contributed by atoms with van der Waals surface area (Å²) in [7, 11) is 0. The van der Waals surface area contributed by atoms with Crippen molar-refractivity contribution in [2.24, 2.45) is 0 Å². The van der Waals surface area contributed by atoms with Gasteiger partial charge in [-0.05, 0) is 24.3 Å². The van der Waals surface area contributed by atoms with Crippen LogP contribution in [0, 0.1) is 5.82 Å². The first kappa shape index (κ1) is 11.9. The second kappa shape index (κ2) is 4.86. The van der Waals surface area contributed by atoms with Crippen molar-refractivity contribution in [2.45, 2.75) is 0 Å². The van der Waals surface area contributed by atoms with Crippen LogP contribution in [-0.4, -0.2) is 9.78 Å². The van der Waals surface area contributed by atoms with Gasteiger partial charge in [0.2, 0.25) is 0 Å². The van der Waals surface area contributed by atoms with E-state index in [1.807, 2.05) is 30.5 Å². The van der Waals surface area contributed by atoms with Crippen LogP contribution in [0.1, 0.15) is 0 Å². The van der Waals surface area contributed by atoms with Crippen LogP contribution in [0.2, 0.25) is 5.02 Å². The fourth-order valence-corrected chi connectivity index (χ4v) is 2.16. The van der Waals surface area contributed by atoms with Crippen molar-refractivity contribution >= 4 is 11.6 Å². The Bertz CT molecular complexity index is 721. The fraction of sp³-hybridized carbons (Fsp3) is 0. The van der Waals surface area contributed by atoms with Crippen LogP contribution < -0.4 is 0 Å². The lowest BCUT2D eigenvalue weighted by atomic mass is 10.1. The number of nitrogens with zero attached hydrogens (tertiary/aromatic N) is 2. The van der Waals surface area contributed by atoms with E-state index in [4.69, 9.17) is 11.6 Å². The minimum absolute atomic E-state index is 0.285. The quantitative estimate of drug-likeness (QED) is 0.679. The smallest absolute Gasteiger partial charge is 0.125 e. The van der Waals surface area contributed by atoms with Crippen molar-refractivity contribution in [3.05, 3.63) is 71.8 Å². The molecule has 0 aliphatic heterocycles. The van der Waals surface area contributed by atoms with E-state index in [1.54, 1.807) is 23.0 Å². The lowest BCUT2D eigenvalue weighted by Crippen LogP contribution is -1.94. The minimum atomic E-state index is -0.285. The normalized spacial score (nSPS) is 10.6. The van der Waals surface area contributed by atoms with E-state index in [0.717, 1.165) is 11.1 Å². The molecule has 0 fully saturated rings. The number of rotatable bonds is 2. The molecule has 4 heteroatoms. The van der Waals surface area contributed by atoms with Crippen molar-refractivity contribution in [3.63, 3.8) is 0 Å². The number of halogens is 2. The molecule has 0 unspecified atom stereocenters. The highest BCUT2D eigenvalue weighted by atomic mass is 35.5. The third-order valence-electron chi connectivity index (χ3n) is 2.84. The van der Waals surface area contributed by atoms with Gasteiger partial charge in [-0.2, -0.15) is 5.10 Å². The summed E-state index contributed by atoms with van der Waals surface area (Å²) in [5.41, 5.74) is 2.49. The third kappa shape index (κ3) is 2.37. The molecular weight excluding hydrogens is 263 g/mol. The maximum absolute atomic E-state index is 13.2. The van der Waals surface area contributed by atoms with Crippen LogP contribution in [0.25, 0.3) is 16.8 Å². The molecule has 19 heavy (non-hydrogen) atoms. The number of hydrogen-bond donors (Lipinski definition) is 0. The molecule has 94 valence electrons. The zero-order chi connectivity index (χ0) is 13.2. The Balaban J connectivity index is 2.03. The summed E-state index contributed by atoms with van der Waals surface area (Å²) in [4.78, 5) is 0. The van der Waals surface area contributed by atoms with Crippen molar-refractivity contribution in [3.8, 4) is 16.8 Å². The van der Waals surface area contributed by atoms with Crippen LogP contribution in [0.3, 0.4) is 0 Å². The van der Waals surface area contributed by atoms with Gasteiger partial charge in [0.15, 0.2) is 0 Å². The predicted octanol–water partition coefficient (Wildman–Crippen LogP) is 4.33. The Labute approximate surface area is 115 Å². The summed E-state index contributed by atoms with van der Waals surface area (Å²) in [5, 5.41) is 4.90. The Kier molecular flexibility index (Phi) is 3.05. The van der Waals surface area contributed by atoms with Crippen LogP contribution in [-0.2, 0) is 0 Å². The van der Waals surface area contributed by atoms with Gasteiger partial charge >= 0.3 is 0 Å². The molecule has 2 nitrogen and oxygen atoms in total. The Morgan fingerprint density at radius 3 is 2.68 bits per heavy atom. The molecule has 0 bridgehead atoms. The summed E-state index contributed by atoms with van der Waals surface area (Å²) >= 11 is 6.14. The average molecular weight is 273 g/mol. The first-order valence-electron chi connectivity index (χ1n) is 5.79. The SMILES string of the molecule is Fc1cccc(-n2cc(-c3ccccc3Cl)cn2)c1. The second-order valence-corrected chi connectivity index (χ2v) is 4.54. The molecule has 2 aromatic carbocycles. The van der Waals surface area contributed by atoms with E-state index in [-0.39, 0.29) is 5.82 Å². The van der Waals surface area contributed by atoms with E-state index in [1.165, 1.54) is 12.1 Å². The molecule has 0 atom stereocenters. The molecule has 0 N–H and O–H groups in total. The molecule has 0 saturated heterocycles. The zero-order valence-electron chi connectivity index (χ0n) is 9.92.